The lowest BCUT2D eigenvalue weighted by atomic mass is 10.1. The molecular formula is C18H23N7O2. The number of aromatic nitrogens is 5. The van der Waals surface area contributed by atoms with Crippen LogP contribution in [0.5, 0.6) is 0 Å². The van der Waals surface area contributed by atoms with Crippen molar-refractivity contribution in [1.29, 1.82) is 0 Å². The largest absolute Gasteiger partial charge is 0.336 e. The molecule has 1 atom stereocenters. The van der Waals surface area contributed by atoms with Crippen molar-refractivity contribution in [2.24, 2.45) is 0 Å². The molecule has 1 aliphatic heterocycles. The molecule has 3 heterocycles. The highest BCUT2D eigenvalue weighted by atomic mass is 16.2. The normalized spacial score (nSPS) is 16.3. The first-order chi connectivity index (χ1) is 13.2. The van der Waals surface area contributed by atoms with Crippen molar-refractivity contribution in [3.63, 3.8) is 0 Å². The Morgan fingerprint density at radius 1 is 1.37 bits per heavy atom. The second-order valence-corrected chi connectivity index (χ2v) is 6.66. The Morgan fingerprint density at radius 2 is 2.22 bits per heavy atom. The fourth-order valence-corrected chi connectivity index (χ4v) is 3.51. The van der Waals surface area contributed by atoms with Gasteiger partial charge in [-0.15, -0.1) is 0 Å². The minimum Gasteiger partial charge on any atom is -0.336 e. The topological polar surface area (TPSA) is 110 Å². The van der Waals surface area contributed by atoms with Crippen molar-refractivity contribution < 1.29 is 4.79 Å². The first-order valence-electron chi connectivity index (χ1n) is 9.31. The van der Waals surface area contributed by atoms with E-state index in [2.05, 4.69) is 25.7 Å². The number of aromatic amines is 1. The van der Waals surface area contributed by atoms with Gasteiger partial charge in [0.1, 0.15) is 5.82 Å². The third-order valence-electron chi connectivity index (χ3n) is 4.84. The van der Waals surface area contributed by atoms with Crippen molar-refractivity contribution in [1.82, 2.24) is 34.9 Å². The van der Waals surface area contributed by atoms with Crippen molar-refractivity contribution in [2.75, 3.05) is 6.54 Å². The number of hydrogen-bond acceptors (Lipinski definition) is 4. The van der Waals surface area contributed by atoms with Crippen molar-refractivity contribution in [2.45, 2.75) is 45.3 Å². The number of nitrogens with zero attached hydrogens (tertiary/aromatic N) is 4. The third-order valence-corrected chi connectivity index (χ3v) is 4.84. The first kappa shape index (κ1) is 17.3. The van der Waals surface area contributed by atoms with Gasteiger partial charge in [0.2, 0.25) is 0 Å². The van der Waals surface area contributed by atoms with Gasteiger partial charge in [-0.05, 0) is 25.0 Å². The minimum atomic E-state index is -0.262. The molecular weight excluding hydrogens is 346 g/mol. The molecule has 2 aromatic heterocycles. The summed E-state index contributed by atoms with van der Waals surface area (Å²) >= 11 is 0. The number of benzene rings is 1. The number of nitrogens with one attached hydrogen (secondary N) is 3. The summed E-state index contributed by atoms with van der Waals surface area (Å²) in [6.07, 6.45) is 2.57. The number of rotatable bonds is 5. The lowest BCUT2D eigenvalue weighted by molar-refractivity contribution is 0.232. The summed E-state index contributed by atoms with van der Waals surface area (Å²) in [5.74, 6) is 1.62. The zero-order valence-electron chi connectivity index (χ0n) is 15.2. The Bertz CT molecular complexity index is 1020. The summed E-state index contributed by atoms with van der Waals surface area (Å²) in [5.41, 5.74) is 1.45. The maximum atomic E-state index is 12.3. The number of carbonyl (C=O) groups is 1. The van der Waals surface area contributed by atoms with Crippen LogP contribution in [0.25, 0.3) is 11.0 Å². The molecule has 9 nitrogen and oxygen atoms in total. The van der Waals surface area contributed by atoms with Gasteiger partial charge in [-0.25, -0.2) is 19.3 Å². The SMILES string of the molecule is CCc1nc2n(n1)CCCC2NC(=O)NCCn1c(=O)[nH]c2ccccc21. The minimum absolute atomic E-state index is 0.137. The van der Waals surface area contributed by atoms with Gasteiger partial charge >= 0.3 is 11.7 Å². The van der Waals surface area contributed by atoms with E-state index in [1.54, 1.807) is 4.57 Å². The van der Waals surface area contributed by atoms with E-state index in [0.29, 0.717) is 13.1 Å². The molecule has 0 spiro atoms. The molecule has 0 fully saturated rings. The van der Waals surface area contributed by atoms with Crippen LogP contribution in [0.3, 0.4) is 0 Å². The molecule has 9 heteroatoms. The van der Waals surface area contributed by atoms with Crippen molar-refractivity contribution in [3.05, 3.63) is 46.4 Å². The predicted molar refractivity (Wildman–Crippen MR) is 100 cm³/mol. The van der Waals surface area contributed by atoms with Crippen LogP contribution >= 0.6 is 0 Å². The molecule has 0 saturated carbocycles. The molecule has 1 unspecified atom stereocenters. The number of hydrogen-bond donors (Lipinski definition) is 3. The van der Waals surface area contributed by atoms with Gasteiger partial charge in [0.15, 0.2) is 5.82 Å². The molecule has 3 N–H and O–H groups in total. The Balaban J connectivity index is 1.36. The number of para-hydroxylation sites is 2. The Hall–Kier alpha value is -3.10. The molecule has 0 radical (unpaired) electrons. The summed E-state index contributed by atoms with van der Waals surface area (Å²) in [4.78, 5) is 31.7. The summed E-state index contributed by atoms with van der Waals surface area (Å²) in [6, 6.07) is 7.10. The van der Waals surface area contributed by atoms with E-state index in [4.69, 9.17) is 0 Å². The van der Waals surface area contributed by atoms with Crippen LogP contribution in [0.15, 0.2) is 29.1 Å². The lowest BCUT2D eigenvalue weighted by Crippen LogP contribution is -2.41. The number of H-pyrrole nitrogens is 1. The molecule has 1 aliphatic rings. The molecule has 27 heavy (non-hydrogen) atoms. The summed E-state index contributed by atoms with van der Waals surface area (Å²) in [5, 5.41) is 10.3. The quantitative estimate of drug-likeness (QED) is 0.630. The van der Waals surface area contributed by atoms with Gasteiger partial charge in [-0.2, -0.15) is 5.10 Å². The smallest absolute Gasteiger partial charge is 0.326 e. The van der Waals surface area contributed by atoms with E-state index in [1.807, 2.05) is 35.9 Å². The average molecular weight is 369 g/mol. The van der Waals surface area contributed by atoms with Crippen LogP contribution in [-0.2, 0) is 19.5 Å². The molecule has 0 saturated heterocycles. The maximum Gasteiger partial charge on any atom is 0.326 e. The van der Waals surface area contributed by atoms with Crippen molar-refractivity contribution >= 4 is 17.1 Å². The molecule has 4 rings (SSSR count). The van der Waals surface area contributed by atoms with E-state index in [-0.39, 0.29) is 17.8 Å². The first-order valence-corrected chi connectivity index (χ1v) is 9.31. The molecule has 2 amide bonds. The fraction of sp³-hybridized carbons (Fsp3) is 0.444. The van der Waals surface area contributed by atoms with Crippen LogP contribution in [0.2, 0.25) is 0 Å². The van der Waals surface area contributed by atoms with Crippen LogP contribution in [0, 0.1) is 0 Å². The third kappa shape index (κ3) is 3.44. The number of imidazole rings is 1. The summed E-state index contributed by atoms with van der Waals surface area (Å²) in [7, 11) is 0. The summed E-state index contributed by atoms with van der Waals surface area (Å²) < 4.78 is 3.51. The highest BCUT2D eigenvalue weighted by Crippen LogP contribution is 2.23. The van der Waals surface area contributed by atoms with Crippen LogP contribution in [0.1, 0.15) is 37.5 Å². The molecule has 142 valence electrons. The van der Waals surface area contributed by atoms with Gasteiger partial charge in [0, 0.05) is 26.1 Å². The Labute approximate surface area is 155 Å². The Morgan fingerprint density at radius 3 is 3.07 bits per heavy atom. The standard InChI is InChI=1S/C18H23N7O2/c1-2-15-22-16-13(7-5-10-25(16)23-15)20-17(26)19-9-11-24-14-8-4-3-6-12(14)21-18(24)27/h3-4,6,8,13H,2,5,7,9-11H2,1H3,(H,21,27)(H2,19,20,26). The maximum absolute atomic E-state index is 12.3. The number of aryl methyl sites for hydroxylation is 2. The fourth-order valence-electron chi connectivity index (χ4n) is 3.51. The highest BCUT2D eigenvalue weighted by Gasteiger charge is 2.25. The summed E-state index contributed by atoms with van der Waals surface area (Å²) in [6.45, 7) is 3.61. The van der Waals surface area contributed by atoms with E-state index in [9.17, 15) is 9.59 Å². The monoisotopic (exact) mass is 369 g/mol. The van der Waals surface area contributed by atoms with Gasteiger partial charge in [0.25, 0.3) is 0 Å². The molecule has 0 bridgehead atoms. The second-order valence-electron chi connectivity index (χ2n) is 6.66. The van der Waals surface area contributed by atoms with E-state index in [1.165, 1.54) is 0 Å². The molecule has 0 aliphatic carbocycles. The second kappa shape index (κ2) is 7.26. The van der Waals surface area contributed by atoms with Gasteiger partial charge in [-0.3, -0.25) is 4.57 Å². The van der Waals surface area contributed by atoms with E-state index < -0.39 is 0 Å². The number of urea groups is 1. The number of amides is 2. The zero-order valence-corrected chi connectivity index (χ0v) is 15.2. The van der Waals surface area contributed by atoms with Gasteiger partial charge < -0.3 is 15.6 Å². The molecule has 3 aromatic rings. The van der Waals surface area contributed by atoms with Crippen LogP contribution in [0.4, 0.5) is 4.79 Å². The van der Waals surface area contributed by atoms with Crippen LogP contribution < -0.4 is 16.3 Å². The predicted octanol–water partition coefficient (Wildman–Crippen LogP) is 1.32. The van der Waals surface area contributed by atoms with Crippen molar-refractivity contribution in [3.8, 4) is 0 Å². The van der Waals surface area contributed by atoms with E-state index >= 15 is 0 Å². The number of fused-ring (bicyclic) bond motifs is 2. The van der Waals surface area contributed by atoms with Gasteiger partial charge in [0.05, 0.1) is 17.1 Å². The number of carbonyl (C=O) groups excluding carboxylic acids is 1. The van der Waals surface area contributed by atoms with Gasteiger partial charge in [-0.1, -0.05) is 19.1 Å². The average Bonchev–Trinajstić information content (AvgIpc) is 3.23. The highest BCUT2D eigenvalue weighted by molar-refractivity contribution is 5.75. The van der Waals surface area contributed by atoms with Crippen LogP contribution in [-0.4, -0.2) is 36.9 Å². The lowest BCUT2D eigenvalue weighted by Gasteiger charge is -2.23. The van der Waals surface area contributed by atoms with E-state index in [0.717, 1.165) is 48.5 Å². The zero-order chi connectivity index (χ0) is 18.8. The Kier molecular flexibility index (Phi) is 4.66. The molecule has 1 aromatic carbocycles.